The lowest BCUT2D eigenvalue weighted by molar-refractivity contribution is -0.386. The molecule has 1 heterocycles. The molecular formula is C22H26N2O5. The molecule has 0 spiro atoms. The fourth-order valence-electron chi connectivity index (χ4n) is 3.53. The first-order valence-corrected chi connectivity index (χ1v) is 9.93. The molecule has 0 saturated heterocycles. The van der Waals surface area contributed by atoms with Crippen molar-refractivity contribution in [3.63, 3.8) is 0 Å². The molecule has 7 heteroatoms. The highest BCUT2D eigenvalue weighted by molar-refractivity contribution is 6.03. The number of nitro groups is 1. The van der Waals surface area contributed by atoms with Gasteiger partial charge < -0.3 is 14.8 Å². The van der Waals surface area contributed by atoms with E-state index in [1.165, 1.54) is 13.2 Å². The minimum atomic E-state index is -0.466. The van der Waals surface area contributed by atoms with Crippen LogP contribution < -0.4 is 14.8 Å². The zero-order chi connectivity index (χ0) is 20.8. The number of para-hydroxylation sites is 1. The maximum atomic E-state index is 12.5. The molecule has 0 fully saturated rings. The van der Waals surface area contributed by atoms with E-state index in [4.69, 9.17) is 9.47 Å². The first kappa shape index (κ1) is 20.6. The van der Waals surface area contributed by atoms with E-state index in [2.05, 4.69) is 12.2 Å². The molecule has 0 bridgehead atoms. The summed E-state index contributed by atoms with van der Waals surface area (Å²) in [4.78, 5) is 23.7. The Morgan fingerprint density at radius 3 is 2.72 bits per heavy atom. The third kappa shape index (κ3) is 4.67. The Hall–Kier alpha value is -3.09. The molecule has 1 unspecified atom stereocenters. The van der Waals surface area contributed by atoms with Crippen molar-refractivity contribution in [2.45, 2.75) is 45.1 Å². The lowest BCUT2D eigenvalue weighted by Gasteiger charge is -2.27. The van der Waals surface area contributed by atoms with Crippen molar-refractivity contribution in [2.24, 2.45) is 0 Å². The van der Waals surface area contributed by atoms with Crippen molar-refractivity contribution >= 4 is 17.2 Å². The van der Waals surface area contributed by atoms with Crippen molar-refractivity contribution in [3.05, 3.63) is 57.6 Å². The zero-order valence-corrected chi connectivity index (χ0v) is 16.8. The fraction of sp³-hybridized carbons (Fsp3) is 0.409. The Bertz CT molecular complexity index is 897. The number of hydrogen-bond acceptors (Lipinski definition) is 6. The number of ether oxygens (including phenoxy) is 2. The molecule has 2 aromatic carbocycles. The number of benzene rings is 2. The lowest BCUT2D eigenvalue weighted by Crippen LogP contribution is -2.23. The van der Waals surface area contributed by atoms with Gasteiger partial charge in [0.2, 0.25) is 5.75 Å². The average molecular weight is 398 g/mol. The minimum Gasteiger partial charge on any atom is -0.493 e. The molecule has 1 aliphatic heterocycles. The van der Waals surface area contributed by atoms with Crippen LogP contribution in [0.5, 0.6) is 11.5 Å². The number of methoxy groups -OCH3 is 1. The maximum Gasteiger partial charge on any atom is 0.315 e. The zero-order valence-electron chi connectivity index (χ0n) is 16.8. The number of unbranched alkanes of at least 4 members (excludes halogenated alkanes) is 3. The minimum absolute atomic E-state index is 0.00206. The number of hydrogen-bond donors (Lipinski definition) is 1. The Morgan fingerprint density at radius 2 is 2.00 bits per heavy atom. The number of nitrogens with one attached hydrogen (secondary N) is 1. The van der Waals surface area contributed by atoms with E-state index in [0.717, 1.165) is 31.4 Å². The Kier molecular flexibility index (Phi) is 6.69. The van der Waals surface area contributed by atoms with Crippen LogP contribution in [0.25, 0.3) is 0 Å². The number of carbonyl (C=O) groups excluding carboxylic acids is 1. The fourth-order valence-corrected chi connectivity index (χ4v) is 3.53. The Morgan fingerprint density at radius 1 is 1.21 bits per heavy atom. The Labute approximate surface area is 170 Å². The van der Waals surface area contributed by atoms with Gasteiger partial charge >= 0.3 is 5.69 Å². The summed E-state index contributed by atoms with van der Waals surface area (Å²) >= 11 is 0. The van der Waals surface area contributed by atoms with Gasteiger partial charge in [0.15, 0.2) is 11.5 Å². The number of anilines is 1. The van der Waals surface area contributed by atoms with Crippen molar-refractivity contribution in [3.8, 4) is 11.5 Å². The van der Waals surface area contributed by atoms with Crippen molar-refractivity contribution in [1.29, 1.82) is 0 Å². The molecule has 1 aliphatic rings. The van der Waals surface area contributed by atoms with Gasteiger partial charge in [-0.15, -0.1) is 0 Å². The first-order chi connectivity index (χ1) is 14.0. The number of nitro benzene ring substituents is 1. The second kappa shape index (κ2) is 9.41. The van der Waals surface area contributed by atoms with E-state index in [1.807, 2.05) is 18.2 Å². The van der Waals surface area contributed by atoms with Crippen molar-refractivity contribution < 1.29 is 19.2 Å². The highest BCUT2D eigenvalue weighted by Gasteiger charge is 2.29. The van der Waals surface area contributed by atoms with Crippen LogP contribution in [-0.4, -0.2) is 24.4 Å². The van der Waals surface area contributed by atoms with Gasteiger partial charge in [-0.3, -0.25) is 14.9 Å². The van der Waals surface area contributed by atoms with Gasteiger partial charge in [-0.2, -0.15) is 0 Å². The van der Waals surface area contributed by atoms with Gasteiger partial charge in [-0.05, 0) is 30.2 Å². The summed E-state index contributed by atoms with van der Waals surface area (Å²) in [6, 6.07) is 10.1. The van der Waals surface area contributed by atoms with Crippen molar-refractivity contribution in [2.75, 3.05) is 19.0 Å². The summed E-state index contributed by atoms with van der Waals surface area (Å²) in [6.07, 6.45) is 4.26. The van der Waals surface area contributed by atoms with Gasteiger partial charge in [-0.1, -0.05) is 38.3 Å². The lowest BCUT2D eigenvalue weighted by atomic mass is 9.92. The number of ketones is 1. The molecule has 0 amide bonds. The predicted octanol–water partition coefficient (Wildman–Crippen LogP) is 5.30. The van der Waals surface area contributed by atoms with Crippen molar-refractivity contribution in [1.82, 2.24) is 0 Å². The van der Waals surface area contributed by atoms with Crippen LogP contribution in [0, 0.1) is 10.1 Å². The van der Waals surface area contributed by atoms with E-state index in [9.17, 15) is 14.9 Å². The molecular weight excluding hydrogens is 372 g/mol. The third-order valence-corrected chi connectivity index (χ3v) is 5.07. The molecule has 1 N–H and O–H groups in total. The Balaban J connectivity index is 1.88. The smallest absolute Gasteiger partial charge is 0.315 e. The van der Waals surface area contributed by atoms with Gasteiger partial charge in [0.05, 0.1) is 24.7 Å². The molecule has 154 valence electrons. The molecule has 3 rings (SSSR count). The first-order valence-electron chi connectivity index (χ1n) is 9.93. The van der Waals surface area contributed by atoms with Gasteiger partial charge in [0, 0.05) is 23.7 Å². The molecule has 0 radical (unpaired) electrons. The summed E-state index contributed by atoms with van der Waals surface area (Å²) in [6.45, 7) is 2.51. The second-order valence-corrected chi connectivity index (χ2v) is 7.11. The van der Waals surface area contributed by atoms with Crippen LogP contribution in [-0.2, 0) is 0 Å². The number of rotatable bonds is 9. The van der Waals surface area contributed by atoms with E-state index in [1.54, 1.807) is 12.1 Å². The average Bonchev–Trinajstić information content (AvgIpc) is 2.73. The normalized spacial score (nSPS) is 15.4. The number of fused-ring (bicyclic) bond motifs is 1. The molecule has 0 aliphatic carbocycles. The van der Waals surface area contributed by atoms with Gasteiger partial charge in [0.1, 0.15) is 0 Å². The van der Waals surface area contributed by atoms with Crippen LogP contribution in [0.1, 0.15) is 61.0 Å². The third-order valence-electron chi connectivity index (χ3n) is 5.07. The van der Waals surface area contributed by atoms with E-state index in [-0.39, 0.29) is 29.7 Å². The monoisotopic (exact) mass is 398 g/mol. The van der Waals surface area contributed by atoms with Crippen LogP contribution in [0.3, 0.4) is 0 Å². The summed E-state index contributed by atoms with van der Waals surface area (Å²) < 4.78 is 11.1. The second-order valence-electron chi connectivity index (χ2n) is 7.11. The highest BCUT2D eigenvalue weighted by atomic mass is 16.6. The molecule has 2 aromatic rings. The van der Waals surface area contributed by atoms with Crippen LogP contribution in [0.4, 0.5) is 11.4 Å². The van der Waals surface area contributed by atoms with E-state index in [0.29, 0.717) is 23.5 Å². The molecule has 0 aromatic heterocycles. The standard InChI is InChI=1S/C22H26N2O5/c1-3-4-5-8-11-29-22-19(24(26)27)12-15(13-21(22)28-2)18-14-20(25)16-9-6-7-10-17(16)23-18/h6-7,9-10,12-13,18,23H,3-5,8,11,14H2,1-2H3. The van der Waals surface area contributed by atoms with Crippen LogP contribution in [0.2, 0.25) is 0 Å². The predicted molar refractivity (Wildman–Crippen MR) is 111 cm³/mol. The summed E-state index contributed by atoms with van der Waals surface area (Å²) in [5.41, 5.74) is 1.83. The SMILES string of the molecule is CCCCCCOc1c(OC)cc(C2CC(=O)c3ccccc3N2)cc1[N+](=O)[O-]. The topological polar surface area (TPSA) is 90.7 Å². The summed E-state index contributed by atoms with van der Waals surface area (Å²) in [5.74, 6) is 0.445. The van der Waals surface area contributed by atoms with E-state index < -0.39 is 4.92 Å². The maximum absolute atomic E-state index is 12.5. The quantitative estimate of drug-likeness (QED) is 0.350. The van der Waals surface area contributed by atoms with Gasteiger partial charge in [-0.25, -0.2) is 0 Å². The van der Waals surface area contributed by atoms with Gasteiger partial charge in [0.25, 0.3) is 0 Å². The van der Waals surface area contributed by atoms with Crippen LogP contribution in [0.15, 0.2) is 36.4 Å². The molecule has 0 saturated carbocycles. The summed E-state index contributed by atoms with van der Waals surface area (Å²) in [5, 5.41) is 15.0. The number of nitrogens with zero attached hydrogens (tertiary/aromatic N) is 1. The summed E-state index contributed by atoms with van der Waals surface area (Å²) in [7, 11) is 1.46. The highest BCUT2D eigenvalue weighted by Crippen LogP contribution is 2.42. The number of Topliss-reactive ketones (excluding diaryl/α,β-unsaturated/α-hetero) is 1. The van der Waals surface area contributed by atoms with Crippen LogP contribution >= 0.6 is 0 Å². The molecule has 7 nitrogen and oxygen atoms in total. The molecule has 1 atom stereocenters. The largest absolute Gasteiger partial charge is 0.493 e. The number of carbonyl (C=O) groups is 1. The van der Waals surface area contributed by atoms with E-state index >= 15 is 0 Å². The molecule has 29 heavy (non-hydrogen) atoms.